The summed E-state index contributed by atoms with van der Waals surface area (Å²) in [7, 11) is 0. The second-order valence-corrected chi connectivity index (χ2v) is 6.43. The zero-order valence-electron chi connectivity index (χ0n) is 13.0. The predicted molar refractivity (Wildman–Crippen MR) is 90.2 cm³/mol. The van der Waals surface area contributed by atoms with Crippen molar-refractivity contribution in [1.82, 2.24) is 25.3 Å². The predicted octanol–water partition coefficient (Wildman–Crippen LogP) is 2.33. The molecule has 0 aliphatic carbocycles. The van der Waals surface area contributed by atoms with Gasteiger partial charge < -0.3 is 10.1 Å². The minimum atomic E-state index is 0.0000917. The molecule has 0 atom stereocenters. The van der Waals surface area contributed by atoms with Gasteiger partial charge in [-0.15, -0.1) is 14.8 Å². The third-order valence-corrected chi connectivity index (χ3v) is 4.84. The van der Waals surface area contributed by atoms with Gasteiger partial charge in [0.25, 0.3) is 0 Å². The lowest BCUT2D eigenvalue weighted by molar-refractivity contribution is 0.0543. The summed E-state index contributed by atoms with van der Waals surface area (Å²) in [6.45, 7) is 2.27. The van der Waals surface area contributed by atoms with Crippen molar-refractivity contribution < 1.29 is 4.74 Å². The number of halogens is 1. The molecule has 4 rings (SSSR count). The molecule has 1 aliphatic heterocycles. The number of ether oxygens (including phenoxy) is 1. The molecule has 0 radical (unpaired) electrons. The molecule has 0 bridgehead atoms. The zero-order valence-corrected chi connectivity index (χ0v) is 13.8. The summed E-state index contributed by atoms with van der Waals surface area (Å²) in [4.78, 5) is 0. The van der Waals surface area contributed by atoms with E-state index in [0.29, 0.717) is 5.65 Å². The molecule has 124 valence electrons. The number of fused-ring (bicyclic) bond motifs is 1. The van der Waals surface area contributed by atoms with E-state index in [0.717, 1.165) is 43.4 Å². The highest BCUT2D eigenvalue weighted by molar-refractivity contribution is 6.30. The number of benzene rings is 1. The second-order valence-electron chi connectivity index (χ2n) is 6.00. The summed E-state index contributed by atoms with van der Waals surface area (Å²) in [6, 6.07) is 11.8. The van der Waals surface area contributed by atoms with Gasteiger partial charge in [0.1, 0.15) is 5.82 Å². The quantitative estimate of drug-likeness (QED) is 0.782. The number of rotatable bonds is 4. The number of nitrogens with zero attached hydrogens (tertiary/aromatic N) is 5. The van der Waals surface area contributed by atoms with E-state index in [-0.39, 0.29) is 5.41 Å². The van der Waals surface area contributed by atoms with Gasteiger partial charge >= 0.3 is 0 Å². The van der Waals surface area contributed by atoms with Gasteiger partial charge in [0.15, 0.2) is 5.65 Å². The van der Waals surface area contributed by atoms with Crippen molar-refractivity contribution >= 4 is 23.1 Å². The Kier molecular flexibility index (Phi) is 4.03. The van der Waals surface area contributed by atoms with Crippen LogP contribution in [0.2, 0.25) is 5.02 Å². The monoisotopic (exact) mass is 344 g/mol. The van der Waals surface area contributed by atoms with Gasteiger partial charge in [0.05, 0.1) is 0 Å². The number of anilines is 1. The third kappa shape index (κ3) is 2.92. The maximum atomic E-state index is 6.04. The molecule has 24 heavy (non-hydrogen) atoms. The van der Waals surface area contributed by atoms with Crippen LogP contribution in [0.5, 0.6) is 0 Å². The molecule has 1 fully saturated rings. The Hall–Kier alpha value is -2.25. The molecule has 8 heteroatoms. The molecule has 0 saturated carbocycles. The highest BCUT2D eigenvalue weighted by Crippen LogP contribution is 2.35. The Morgan fingerprint density at radius 2 is 1.92 bits per heavy atom. The first-order valence-electron chi connectivity index (χ1n) is 7.88. The zero-order chi connectivity index (χ0) is 16.4. The van der Waals surface area contributed by atoms with E-state index < -0.39 is 0 Å². The summed E-state index contributed by atoms with van der Waals surface area (Å²) in [5.74, 6) is 0.745. The Morgan fingerprint density at radius 1 is 1.12 bits per heavy atom. The molecule has 0 unspecified atom stereocenters. The average molecular weight is 345 g/mol. The molecule has 1 N–H and O–H groups in total. The summed E-state index contributed by atoms with van der Waals surface area (Å²) < 4.78 is 6.99. The second kappa shape index (κ2) is 6.33. The van der Waals surface area contributed by atoms with Gasteiger partial charge in [-0.1, -0.05) is 23.7 Å². The summed E-state index contributed by atoms with van der Waals surface area (Å²) in [5.41, 5.74) is 1.89. The summed E-state index contributed by atoms with van der Waals surface area (Å²) >= 11 is 6.04. The summed E-state index contributed by atoms with van der Waals surface area (Å²) in [5, 5.41) is 19.9. The molecule has 2 aromatic heterocycles. The van der Waals surface area contributed by atoms with Crippen LogP contribution in [0.4, 0.5) is 5.82 Å². The number of hydrogen-bond acceptors (Lipinski definition) is 6. The highest BCUT2D eigenvalue weighted by Gasteiger charge is 2.34. The first kappa shape index (κ1) is 15.3. The lowest BCUT2D eigenvalue weighted by atomic mass is 9.74. The Bertz CT molecular complexity index is 828. The van der Waals surface area contributed by atoms with Crippen molar-refractivity contribution in [2.24, 2.45) is 0 Å². The van der Waals surface area contributed by atoms with Gasteiger partial charge in [-0.25, -0.2) is 0 Å². The van der Waals surface area contributed by atoms with Gasteiger partial charge in [-0.3, -0.25) is 0 Å². The van der Waals surface area contributed by atoms with Crippen LogP contribution in [-0.2, 0) is 10.2 Å². The fraction of sp³-hybridized carbons (Fsp3) is 0.375. The normalized spacial score (nSPS) is 17.0. The van der Waals surface area contributed by atoms with Crippen LogP contribution in [0.3, 0.4) is 0 Å². The fourth-order valence-electron chi connectivity index (χ4n) is 3.14. The van der Waals surface area contributed by atoms with Crippen LogP contribution < -0.4 is 5.32 Å². The van der Waals surface area contributed by atoms with Crippen molar-refractivity contribution in [2.45, 2.75) is 18.3 Å². The number of hydrogen-bond donors (Lipinski definition) is 1. The number of nitrogens with one attached hydrogen (secondary N) is 1. The van der Waals surface area contributed by atoms with Crippen LogP contribution in [0.25, 0.3) is 5.65 Å². The van der Waals surface area contributed by atoms with Crippen molar-refractivity contribution in [3.8, 4) is 0 Å². The van der Waals surface area contributed by atoms with Crippen molar-refractivity contribution in [3.63, 3.8) is 0 Å². The van der Waals surface area contributed by atoms with Crippen LogP contribution >= 0.6 is 11.6 Å². The summed E-state index contributed by atoms with van der Waals surface area (Å²) in [6.07, 6.45) is 1.91. The molecule has 3 aromatic rings. The van der Waals surface area contributed by atoms with Crippen LogP contribution in [0.1, 0.15) is 18.4 Å². The largest absolute Gasteiger partial charge is 0.381 e. The van der Waals surface area contributed by atoms with Crippen molar-refractivity contribution in [2.75, 3.05) is 25.1 Å². The number of aromatic nitrogens is 5. The van der Waals surface area contributed by atoms with E-state index >= 15 is 0 Å². The first-order chi connectivity index (χ1) is 11.8. The molecular weight excluding hydrogens is 328 g/mol. The maximum Gasteiger partial charge on any atom is 0.200 e. The van der Waals surface area contributed by atoms with E-state index in [2.05, 4.69) is 38.1 Å². The molecule has 3 heterocycles. The van der Waals surface area contributed by atoms with E-state index in [9.17, 15) is 0 Å². The van der Waals surface area contributed by atoms with Crippen LogP contribution in [0.15, 0.2) is 36.4 Å². The third-order valence-electron chi connectivity index (χ3n) is 4.58. The maximum absolute atomic E-state index is 6.04. The number of tetrazole rings is 1. The first-order valence-corrected chi connectivity index (χ1v) is 8.26. The molecule has 7 nitrogen and oxygen atoms in total. The van der Waals surface area contributed by atoms with Gasteiger partial charge in [0, 0.05) is 30.2 Å². The lowest BCUT2D eigenvalue weighted by Gasteiger charge is -2.38. The molecule has 1 aromatic carbocycles. The van der Waals surface area contributed by atoms with E-state index in [1.54, 1.807) is 0 Å². The fourth-order valence-corrected chi connectivity index (χ4v) is 3.26. The highest BCUT2D eigenvalue weighted by atomic mass is 35.5. The Balaban J connectivity index is 1.58. The topological polar surface area (TPSA) is 77.2 Å². The van der Waals surface area contributed by atoms with Crippen LogP contribution in [0, 0.1) is 0 Å². The minimum Gasteiger partial charge on any atom is -0.381 e. The molecule has 0 amide bonds. The SMILES string of the molecule is Clc1ccc(C2(CNc3ccc4nnnn4n3)CCOCC2)cc1. The smallest absolute Gasteiger partial charge is 0.200 e. The molecule has 0 spiro atoms. The lowest BCUT2D eigenvalue weighted by Crippen LogP contribution is -2.40. The Labute approximate surface area is 144 Å². The van der Waals surface area contributed by atoms with Crippen LogP contribution in [-0.4, -0.2) is 45.0 Å². The van der Waals surface area contributed by atoms with Crippen molar-refractivity contribution in [3.05, 3.63) is 47.0 Å². The molecular formula is C16H17ClN6O. The van der Waals surface area contributed by atoms with Crippen molar-refractivity contribution in [1.29, 1.82) is 0 Å². The van der Waals surface area contributed by atoms with E-state index in [1.165, 1.54) is 10.2 Å². The Morgan fingerprint density at radius 3 is 2.71 bits per heavy atom. The minimum absolute atomic E-state index is 0.0000917. The van der Waals surface area contributed by atoms with Gasteiger partial charge in [-0.05, 0) is 53.1 Å². The van der Waals surface area contributed by atoms with Gasteiger partial charge in [-0.2, -0.15) is 0 Å². The van der Waals surface area contributed by atoms with E-state index in [1.807, 2.05) is 24.3 Å². The average Bonchev–Trinajstić information content (AvgIpc) is 3.09. The van der Waals surface area contributed by atoms with Gasteiger partial charge in [0.2, 0.25) is 0 Å². The van der Waals surface area contributed by atoms with E-state index in [4.69, 9.17) is 16.3 Å². The standard InChI is InChI=1S/C16H17ClN6O/c17-13-3-1-12(2-4-13)16(7-9-24-10-8-16)11-18-14-5-6-15-19-21-22-23(15)20-14/h1-6H,7-11H2,(H,18,20). The molecule has 1 saturated heterocycles. The molecule has 1 aliphatic rings.